The number of thioether (sulfide) groups is 1. The zero-order chi connectivity index (χ0) is 13.0. The summed E-state index contributed by atoms with van der Waals surface area (Å²) in [6.45, 7) is 1.95. The summed E-state index contributed by atoms with van der Waals surface area (Å²) in [5.74, 6) is -0.881. The quantitative estimate of drug-likeness (QED) is 0.812. The van der Waals surface area contributed by atoms with E-state index < -0.39 is 5.97 Å². The maximum absolute atomic E-state index is 10.4. The Hall–Kier alpha value is -1.67. The van der Waals surface area contributed by atoms with E-state index in [0.717, 1.165) is 23.0 Å². The molecular weight excluding hydrogens is 272 g/mol. The number of nitrogens with one attached hydrogen (secondary N) is 1. The molecule has 94 valence electrons. The van der Waals surface area contributed by atoms with Crippen molar-refractivity contribution in [1.82, 2.24) is 15.2 Å². The number of aliphatic carboxylic acids is 1. The number of aromatic nitrogens is 3. The van der Waals surface area contributed by atoms with Crippen molar-refractivity contribution >= 4 is 39.9 Å². The lowest BCUT2D eigenvalue weighted by Gasteiger charge is -2.01. The Labute approximate surface area is 111 Å². The van der Waals surface area contributed by atoms with Crippen LogP contribution in [0.5, 0.6) is 0 Å². The van der Waals surface area contributed by atoms with Crippen LogP contribution in [-0.4, -0.2) is 32.0 Å². The molecule has 0 aliphatic heterocycles. The summed E-state index contributed by atoms with van der Waals surface area (Å²) in [5, 5.41) is 20.1. The minimum Gasteiger partial charge on any atom is -0.481 e. The van der Waals surface area contributed by atoms with Gasteiger partial charge >= 0.3 is 5.97 Å². The van der Waals surface area contributed by atoms with Crippen molar-refractivity contribution in [1.29, 1.82) is 0 Å². The maximum Gasteiger partial charge on any atom is 0.313 e. The molecule has 6 nitrogen and oxygen atoms in total. The molecule has 0 fully saturated rings. The van der Waals surface area contributed by atoms with Crippen molar-refractivity contribution in [2.75, 3.05) is 11.1 Å². The van der Waals surface area contributed by atoms with Gasteiger partial charge in [0.05, 0.1) is 17.6 Å². The third-order valence-corrected chi connectivity index (χ3v) is 3.81. The zero-order valence-electron chi connectivity index (χ0n) is 9.45. The number of aryl methyl sites for hydroxylation is 1. The van der Waals surface area contributed by atoms with Gasteiger partial charge in [-0.15, -0.1) is 10.2 Å². The molecule has 2 heterocycles. The highest BCUT2D eigenvalue weighted by Crippen LogP contribution is 2.27. The molecule has 0 amide bonds. The van der Waals surface area contributed by atoms with E-state index in [0.29, 0.717) is 9.47 Å². The van der Waals surface area contributed by atoms with E-state index in [4.69, 9.17) is 5.11 Å². The molecule has 0 bridgehead atoms. The van der Waals surface area contributed by atoms with Gasteiger partial charge in [-0.3, -0.25) is 9.78 Å². The van der Waals surface area contributed by atoms with Gasteiger partial charge in [-0.05, 0) is 18.6 Å². The van der Waals surface area contributed by atoms with E-state index in [-0.39, 0.29) is 5.75 Å². The number of carboxylic acids is 1. The lowest BCUT2D eigenvalue weighted by atomic mass is 10.3. The van der Waals surface area contributed by atoms with Crippen LogP contribution >= 0.6 is 23.1 Å². The summed E-state index contributed by atoms with van der Waals surface area (Å²) >= 11 is 2.47. The molecule has 0 radical (unpaired) electrons. The number of anilines is 2. The SMILES string of the molecule is Cc1cncc(Nc2nnc(SCC(=O)O)s2)c1. The van der Waals surface area contributed by atoms with Crippen LogP contribution in [0, 0.1) is 6.92 Å². The topological polar surface area (TPSA) is 88.0 Å². The smallest absolute Gasteiger partial charge is 0.313 e. The van der Waals surface area contributed by atoms with E-state index >= 15 is 0 Å². The van der Waals surface area contributed by atoms with Crippen LogP contribution in [0.2, 0.25) is 0 Å². The third kappa shape index (κ3) is 3.67. The number of pyridine rings is 1. The third-order valence-electron chi connectivity index (χ3n) is 1.85. The second-order valence-corrected chi connectivity index (χ2v) is 5.63. The molecule has 2 aromatic heterocycles. The van der Waals surface area contributed by atoms with Crippen LogP contribution in [-0.2, 0) is 4.79 Å². The molecule has 0 saturated heterocycles. The van der Waals surface area contributed by atoms with Crippen molar-refractivity contribution in [3.8, 4) is 0 Å². The summed E-state index contributed by atoms with van der Waals surface area (Å²) in [6, 6.07) is 1.94. The molecule has 0 saturated carbocycles. The Morgan fingerprint density at radius 1 is 1.50 bits per heavy atom. The first-order valence-corrected chi connectivity index (χ1v) is 6.80. The summed E-state index contributed by atoms with van der Waals surface area (Å²) in [5.41, 5.74) is 1.88. The zero-order valence-corrected chi connectivity index (χ0v) is 11.1. The predicted octanol–water partition coefficient (Wildman–Crippen LogP) is 2.16. The molecule has 0 atom stereocenters. The van der Waals surface area contributed by atoms with E-state index in [2.05, 4.69) is 20.5 Å². The van der Waals surface area contributed by atoms with Gasteiger partial charge < -0.3 is 10.4 Å². The first-order valence-electron chi connectivity index (χ1n) is 5.00. The molecule has 2 N–H and O–H groups in total. The van der Waals surface area contributed by atoms with Gasteiger partial charge in [0.1, 0.15) is 0 Å². The molecule has 0 aliphatic carbocycles. The van der Waals surface area contributed by atoms with Crippen molar-refractivity contribution in [2.45, 2.75) is 11.3 Å². The lowest BCUT2D eigenvalue weighted by molar-refractivity contribution is -0.133. The second-order valence-electron chi connectivity index (χ2n) is 3.43. The molecule has 0 unspecified atom stereocenters. The highest BCUT2D eigenvalue weighted by molar-refractivity contribution is 8.01. The normalized spacial score (nSPS) is 10.3. The van der Waals surface area contributed by atoms with Crippen molar-refractivity contribution in [3.63, 3.8) is 0 Å². The Morgan fingerprint density at radius 2 is 2.33 bits per heavy atom. The van der Waals surface area contributed by atoms with E-state index in [1.165, 1.54) is 11.3 Å². The van der Waals surface area contributed by atoms with E-state index in [1.807, 2.05) is 13.0 Å². The fourth-order valence-electron chi connectivity index (χ4n) is 1.19. The number of rotatable bonds is 5. The molecule has 18 heavy (non-hydrogen) atoms. The van der Waals surface area contributed by atoms with Gasteiger partial charge in [0, 0.05) is 6.20 Å². The Bertz CT molecular complexity index is 558. The Kier molecular flexibility index (Phi) is 4.11. The van der Waals surface area contributed by atoms with Crippen molar-refractivity contribution in [2.24, 2.45) is 0 Å². The van der Waals surface area contributed by atoms with Crippen LogP contribution in [0.25, 0.3) is 0 Å². The van der Waals surface area contributed by atoms with E-state index in [9.17, 15) is 4.79 Å². The van der Waals surface area contributed by atoms with Gasteiger partial charge in [-0.2, -0.15) is 0 Å². The predicted molar refractivity (Wildman–Crippen MR) is 70.5 cm³/mol. The van der Waals surface area contributed by atoms with Crippen LogP contribution < -0.4 is 5.32 Å². The number of hydrogen-bond acceptors (Lipinski definition) is 7. The largest absolute Gasteiger partial charge is 0.481 e. The minimum atomic E-state index is -0.868. The van der Waals surface area contributed by atoms with Gasteiger partial charge in [0.25, 0.3) is 0 Å². The first-order chi connectivity index (χ1) is 8.63. The second kappa shape index (κ2) is 5.78. The van der Waals surface area contributed by atoms with Crippen LogP contribution in [0.4, 0.5) is 10.8 Å². The molecule has 2 rings (SSSR count). The summed E-state index contributed by atoms with van der Waals surface area (Å²) in [6.07, 6.45) is 3.46. The summed E-state index contributed by atoms with van der Waals surface area (Å²) < 4.78 is 0.625. The maximum atomic E-state index is 10.4. The van der Waals surface area contributed by atoms with E-state index in [1.54, 1.807) is 12.4 Å². The molecular formula is C10H10N4O2S2. The van der Waals surface area contributed by atoms with Crippen LogP contribution in [0.1, 0.15) is 5.56 Å². The Morgan fingerprint density at radius 3 is 3.06 bits per heavy atom. The first kappa shape index (κ1) is 12.8. The minimum absolute atomic E-state index is 0.0133. The Balaban J connectivity index is 2.00. The molecule has 8 heteroatoms. The average molecular weight is 282 g/mol. The monoisotopic (exact) mass is 282 g/mol. The number of nitrogens with zero attached hydrogens (tertiary/aromatic N) is 3. The van der Waals surface area contributed by atoms with Gasteiger partial charge in [-0.25, -0.2) is 0 Å². The molecule has 0 aliphatic rings. The number of hydrogen-bond donors (Lipinski definition) is 2. The van der Waals surface area contributed by atoms with Gasteiger partial charge in [0.2, 0.25) is 5.13 Å². The number of carboxylic acid groups (broad SMARTS) is 1. The fraction of sp³-hybridized carbons (Fsp3) is 0.200. The van der Waals surface area contributed by atoms with Gasteiger partial charge in [-0.1, -0.05) is 23.1 Å². The molecule has 0 aromatic carbocycles. The average Bonchev–Trinajstić information content (AvgIpc) is 2.74. The summed E-state index contributed by atoms with van der Waals surface area (Å²) in [7, 11) is 0. The van der Waals surface area contributed by atoms with Crippen LogP contribution in [0.3, 0.4) is 0 Å². The fourth-order valence-corrected chi connectivity index (χ4v) is 2.68. The number of carbonyl (C=O) groups is 1. The molecule has 0 spiro atoms. The van der Waals surface area contributed by atoms with Crippen molar-refractivity contribution in [3.05, 3.63) is 24.0 Å². The highest BCUT2D eigenvalue weighted by Gasteiger charge is 2.07. The molecule has 2 aromatic rings. The highest BCUT2D eigenvalue weighted by atomic mass is 32.2. The van der Waals surface area contributed by atoms with Crippen LogP contribution in [0.15, 0.2) is 22.8 Å². The lowest BCUT2D eigenvalue weighted by Crippen LogP contribution is -1.96. The van der Waals surface area contributed by atoms with Crippen molar-refractivity contribution < 1.29 is 9.90 Å². The van der Waals surface area contributed by atoms with Gasteiger partial charge in [0.15, 0.2) is 4.34 Å². The standard InChI is InChI=1S/C10H10N4O2S2/c1-6-2-7(4-11-3-6)12-9-13-14-10(18-9)17-5-8(15)16/h2-4H,5H2,1H3,(H,12,13)(H,15,16). The summed E-state index contributed by atoms with van der Waals surface area (Å²) in [4.78, 5) is 14.5.